The fourth-order valence-electron chi connectivity index (χ4n) is 1.53. The molecule has 16 heavy (non-hydrogen) atoms. The van der Waals surface area contributed by atoms with Gasteiger partial charge in [-0.1, -0.05) is 30.3 Å². The molecule has 0 fully saturated rings. The second-order valence-electron chi connectivity index (χ2n) is 3.76. The third kappa shape index (κ3) is 2.44. The molecule has 0 aromatic heterocycles. The highest BCUT2D eigenvalue weighted by Crippen LogP contribution is 2.26. The zero-order chi connectivity index (χ0) is 12.2. The minimum Gasteiger partial charge on any atom is -0.480 e. The SMILES string of the molecule is CC(=O)C(CS)(Cc1ccccc1)C(=O)O. The van der Waals surface area contributed by atoms with Crippen LogP contribution in [0, 0.1) is 5.41 Å². The first-order chi connectivity index (χ1) is 7.53. The van der Waals surface area contributed by atoms with Crippen molar-refractivity contribution in [1.29, 1.82) is 0 Å². The van der Waals surface area contributed by atoms with E-state index in [1.807, 2.05) is 30.3 Å². The molecule has 0 bridgehead atoms. The molecule has 1 unspecified atom stereocenters. The molecule has 0 saturated heterocycles. The van der Waals surface area contributed by atoms with Crippen LogP contribution in [0.1, 0.15) is 12.5 Å². The van der Waals surface area contributed by atoms with Gasteiger partial charge in [-0.15, -0.1) is 0 Å². The number of aliphatic carboxylic acids is 1. The molecule has 0 aliphatic carbocycles. The van der Waals surface area contributed by atoms with Crippen molar-refractivity contribution in [2.45, 2.75) is 13.3 Å². The largest absolute Gasteiger partial charge is 0.480 e. The minimum absolute atomic E-state index is 0.00651. The third-order valence-corrected chi connectivity index (χ3v) is 3.24. The number of carbonyl (C=O) groups excluding carboxylic acids is 1. The maximum absolute atomic E-state index is 11.5. The monoisotopic (exact) mass is 238 g/mol. The predicted molar refractivity (Wildman–Crippen MR) is 64.7 cm³/mol. The van der Waals surface area contributed by atoms with Crippen LogP contribution in [-0.2, 0) is 16.0 Å². The lowest BCUT2D eigenvalue weighted by Crippen LogP contribution is -2.41. The number of thiol groups is 1. The Morgan fingerprint density at radius 1 is 1.31 bits per heavy atom. The molecule has 1 aromatic rings. The van der Waals surface area contributed by atoms with Crippen LogP contribution in [0.5, 0.6) is 0 Å². The van der Waals surface area contributed by atoms with E-state index in [1.165, 1.54) is 6.92 Å². The van der Waals surface area contributed by atoms with Crippen LogP contribution in [-0.4, -0.2) is 22.6 Å². The molecule has 0 saturated carbocycles. The Hall–Kier alpha value is -1.29. The average molecular weight is 238 g/mol. The molecule has 86 valence electrons. The Labute approximate surface area is 99.9 Å². The molecule has 0 aliphatic heterocycles. The number of ketones is 1. The highest BCUT2D eigenvalue weighted by atomic mass is 32.1. The first-order valence-electron chi connectivity index (χ1n) is 4.92. The summed E-state index contributed by atoms with van der Waals surface area (Å²) in [6.07, 6.45) is 0.183. The van der Waals surface area contributed by atoms with Gasteiger partial charge in [-0.2, -0.15) is 12.6 Å². The van der Waals surface area contributed by atoms with E-state index in [-0.39, 0.29) is 18.0 Å². The van der Waals surface area contributed by atoms with Gasteiger partial charge in [-0.25, -0.2) is 0 Å². The van der Waals surface area contributed by atoms with Crippen LogP contribution < -0.4 is 0 Å². The molecule has 3 nitrogen and oxygen atoms in total. The van der Waals surface area contributed by atoms with Gasteiger partial charge in [0.25, 0.3) is 0 Å². The summed E-state index contributed by atoms with van der Waals surface area (Å²) in [5.74, 6) is -1.47. The summed E-state index contributed by atoms with van der Waals surface area (Å²) < 4.78 is 0. The maximum atomic E-state index is 11.5. The van der Waals surface area contributed by atoms with Crippen LogP contribution in [0.3, 0.4) is 0 Å². The zero-order valence-corrected chi connectivity index (χ0v) is 9.91. The van der Waals surface area contributed by atoms with Gasteiger partial charge in [-0.3, -0.25) is 9.59 Å². The maximum Gasteiger partial charge on any atom is 0.318 e. The van der Waals surface area contributed by atoms with Crippen LogP contribution >= 0.6 is 12.6 Å². The average Bonchev–Trinajstić information content (AvgIpc) is 2.26. The Morgan fingerprint density at radius 2 is 1.88 bits per heavy atom. The summed E-state index contributed by atoms with van der Waals surface area (Å²) in [5.41, 5.74) is -0.584. The first-order valence-corrected chi connectivity index (χ1v) is 5.55. The number of hydrogen-bond acceptors (Lipinski definition) is 3. The second kappa shape index (κ2) is 5.16. The molecule has 1 atom stereocenters. The predicted octanol–water partition coefficient (Wildman–Crippen LogP) is 1.82. The highest BCUT2D eigenvalue weighted by Gasteiger charge is 2.42. The smallest absolute Gasteiger partial charge is 0.318 e. The highest BCUT2D eigenvalue weighted by molar-refractivity contribution is 7.80. The molecule has 0 heterocycles. The van der Waals surface area contributed by atoms with Gasteiger partial charge in [0.1, 0.15) is 11.2 Å². The van der Waals surface area contributed by atoms with Crippen molar-refractivity contribution in [1.82, 2.24) is 0 Å². The fraction of sp³-hybridized carbons (Fsp3) is 0.333. The van der Waals surface area contributed by atoms with Crippen molar-refractivity contribution in [2.24, 2.45) is 5.41 Å². The van der Waals surface area contributed by atoms with Crippen molar-refractivity contribution >= 4 is 24.4 Å². The van der Waals surface area contributed by atoms with Gasteiger partial charge in [0.2, 0.25) is 0 Å². The molecule has 0 spiro atoms. The Bertz CT molecular complexity index is 373. The van der Waals surface area contributed by atoms with Crippen LogP contribution in [0.15, 0.2) is 30.3 Å². The number of carboxylic acids is 1. The normalized spacial score (nSPS) is 14.1. The van der Waals surface area contributed by atoms with E-state index in [4.69, 9.17) is 0 Å². The molecule has 1 aromatic carbocycles. The number of rotatable bonds is 5. The number of Topliss-reactive ketones (excluding diaryl/α,β-unsaturated/α-hetero) is 1. The lowest BCUT2D eigenvalue weighted by atomic mass is 9.80. The topological polar surface area (TPSA) is 54.4 Å². The summed E-state index contributed by atoms with van der Waals surface area (Å²) in [4.78, 5) is 22.7. The van der Waals surface area contributed by atoms with Crippen molar-refractivity contribution in [2.75, 3.05) is 5.75 Å². The standard InChI is InChI=1S/C12H14O3S/c1-9(13)12(8-16,11(14)15)7-10-5-3-2-4-6-10/h2-6,16H,7-8H2,1H3,(H,14,15). The number of carbonyl (C=O) groups is 2. The van der Waals surface area contributed by atoms with Gasteiger partial charge in [-0.05, 0) is 18.9 Å². The van der Waals surface area contributed by atoms with E-state index in [0.717, 1.165) is 5.56 Å². The lowest BCUT2D eigenvalue weighted by molar-refractivity contribution is -0.152. The molecular formula is C12H14O3S. The van der Waals surface area contributed by atoms with Crippen LogP contribution in [0.25, 0.3) is 0 Å². The van der Waals surface area contributed by atoms with Gasteiger partial charge < -0.3 is 5.11 Å². The summed E-state index contributed by atoms with van der Waals surface area (Å²) >= 11 is 4.01. The van der Waals surface area contributed by atoms with Gasteiger partial charge >= 0.3 is 5.97 Å². The quantitative estimate of drug-likeness (QED) is 0.607. The Balaban J connectivity index is 3.04. The van der Waals surface area contributed by atoms with E-state index >= 15 is 0 Å². The fourth-order valence-corrected chi connectivity index (χ4v) is 2.00. The zero-order valence-electron chi connectivity index (χ0n) is 9.01. The first kappa shape index (κ1) is 12.8. The molecule has 1 rings (SSSR count). The van der Waals surface area contributed by atoms with Gasteiger partial charge in [0.15, 0.2) is 0 Å². The summed E-state index contributed by atoms with van der Waals surface area (Å²) in [5, 5.41) is 9.19. The van der Waals surface area contributed by atoms with E-state index in [2.05, 4.69) is 12.6 Å². The van der Waals surface area contributed by atoms with E-state index in [0.29, 0.717) is 0 Å². The number of carboxylic acid groups (broad SMARTS) is 1. The molecule has 0 radical (unpaired) electrons. The summed E-state index contributed by atoms with van der Waals surface area (Å²) in [6, 6.07) is 9.11. The summed E-state index contributed by atoms with van der Waals surface area (Å²) in [7, 11) is 0. The Kier molecular flexibility index (Phi) is 4.12. The van der Waals surface area contributed by atoms with Gasteiger partial charge in [0.05, 0.1) is 0 Å². The van der Waals surface area contributed by atoms with E-state index in [1.54, 1.807) is 0 Å². The van der Waals surface area contributed by atoms with Crippen molar-refractivity contribution < 1.29 is 14.7 Å². The molecule has 4 heteroatoms. The minimum atomic E-state index is -1.41. The van der Waals surface area contributed by atoms with Crippen molar-refractivity contribution in [3.63, 3.8) is 0 Å². The molecule has 1 N–H and O–H groups in total. The summed E-state index contributed by atoms with van der Waals surface area (Å²) in [6.45, 7) is 1.30. The number of benzene rings is 1. The van der Waals surface area contributed by atoms with Crippen LogP contribution in [0.4, 0.5) is 0 Å². The van der Waals surface area contributed by atoms with E-state index in [9.17, 15) is 14.7 Å². The van der Waals surface area contributed by atoms with Crippen molar-refractivity contribution in [3.05, 3.63) is 35.9 Å². The number of hydrogen-bond donors (Lipinski definition) is 2. The van der Waals surface area contributed by atoms with Crippen LogP contribution in [0.2, 0.25) is 0 Å². The third-order valence-electron chi connectivity index (χ3n) is 2.70. The van der Waals surface area contributed by atoms with Gasteiger partial charge in [0, 0.05) is 5.75 Å². The second-order valence-corrected chi connectivity index (χ2v) is 4.08. The lowest BCUT2D eigenvalue weighted by Gasteiger charge is -2.24. The molecule has 0 aliphatic rings. The molecule has 0 amide bonds. The Morgan fingerprint density at radius 3 is 2.25 bits per heavy atom. The van der Waals surface area contributed by atoms with E-state index < -0.39 is 11.4 Å². The molecular weight excluding hydrogens is 224 g/mol. The van der Waals surface area contributed by atoms with Crippen molar-refractivity contribution in [3.8, 4) is 0 Å².